The quantitative estimate of drug-likeness (QED) is 0.793. The van der Waals surface area contributed by atoms with Gasteiger partial charge in [-0.15, -0.1) is 0 Å². The van der Waals surface area contributed by atoms with Crippen LogP contribution >= 0.6 is 11.8 Å². The van der Waals surface area contributed by atoms with Crippen LogP contribution in [0.25, 0.3) is 0 Å². The van der Waals surface area contributed by atoms with Crippen LogP contribution < -0.4 is 5.32 Å². The van der Waals surface area contributed by atoms with Crippen molar-refractivity contribution in [2.75, 3.05) is 19.1 Å². The van der Waals surface area contributed by atoms with Crippen LogP contribution in [0.15, 0.2) is 0 Å². The summed E-state index contributed by atoms with van der Waals surface area (Å²) >= 11 is 1.88. The van der Waals surface area contributed by atoms with E-state index in [2.05, 4.69) is 30.1 Å². The highest BCUT2D eigenvalue weighted by atomic mass is 32.2. The molecular weight excluding hydrogens is 218 g/mol. The number of nitrogens with zero attached hydrogens (tertiary/aromatic N) is 2. The van der Waals surface area contributed by atoms with Crippen LogP contribution in [0, 0.1) is 0 Å². The number of hydrogen-bond donors (Lipinski definition) is 1. The van der Waals surface area contributed by atoms with Crippen molar-refractivity contribution in [1.82, 2.24) is 15.1 Å². The van der Waals surface area contributed by atoms with Gasteiger partial charge in [0, 0.05) is 23.6 Å². The Hall–Kier alpha value is -0.480. The minimum atomic E-state index is 0.936. The van der Waals surface area contributed by atoms with Gasteiger partial charge in [0.05, 0.1) is 12.2 Å². The summed E-state index contributed by atoms with van der Waals surface area (Å²) in [6.45, 7) is 6.36. The SMILES string of the molecule is CCc1nn(CCSC)c(CC)c1CNC. The van der Waals surface area contributed by atoms with E-state index in [0.717, 1.165) is 31.7 Å². The maximum atomic E-state index is 4.72. The van der Waals surface area contributed by atoms with Crippen LogP contribution in [0.5, 0.6) is 0 Å². The largest absolute Gasteiger partial charge is 0.316 e. The Morgan fingerprint density at radius 2 is 2.06 bits per heavy atom. The van der Waals surface area contributed by atoms with Crippen LogP contribution in [0.2, 0.25) is 0 Å². The van der Waals surface area contributed by atoms with E-state index in [1.807, 2.05) is 18.8 Å². The van der Waals surface area contributed by atoms with Gasteiger partial charge in [-0.3, -0.25) is 4.68 Å². The van der Waals surface area contributed by atoms with Crippen LogP contribution in [0.1, 0.15) is 30.8 Å². The van der Waals surface area contributed by atoms with Crippen molar-refractivity contribution in [3.05, 3.63) is 17.0 Å². The van der Waals surface area contributed by atoms with Crippen molar-refractivity contribution in [1.29, 1.82) is 0 Å². The van der Waals surface area contributed by atoms with E-state index in [1.54, 1.807) is 0 Å². The van der Waals surface area contributed by atoms with Crippen LogP contribution in [0.4, 0.5) is 0 Å². The first-order valence-corrected chi connectivity index (χ1v) is 7.38. The molecule has 1 rings (SSSR count). The molecule has 0 spiro atoms. The van der Waals surface area contributed by atoms with Gasteiger partial charge in [-0.05, 0) is 26.1 Å². The number of rotatable bonds is 7. The van der Waals surface area contributed by atoms with E-state index in [9.17, 15) is 0 Å². The van der Waals surface area contributed by atoms with Gasteiger partial charge < -0.3 is 5.32 Å². The summed E-state index contributed by atoms with van der Waals surface area (Å²) in [5.41, 5.74) is 4.07. The third kappa shape index (κ3) is 3.01. The van der Waals surface area contributed by atoms with Crippen LogP contribution in [-0.4, -0.2) is 28.8 Å². The molecule has 0 aromatic carbocycles. The smallest absolute Gasteiger partial charge is 0.0669 e. The second kappa shape index (κ2) is 6.97. The normalized spacial score (nSPS) is 11.0. The Labute approximate surface area is 103 Å². The predicted molar refractivity (Wildman–Crippen MR) is 72.1 cm³/mol. The number of nitrogens with one attached hydrogen (secondary N) is 1. The standard InChI is InChI=1S/C12H23N3S/c1-5-11-10(9-13-3)12(6-2)15(14-11)7-8-16-4/h13H,5-9H2,1-4H3. The lowest BCUT2D eigenvalue weighted by atomic mass is 10.1. The van der Waals surface area contributed by atoms with Crippen molar-refractivity contribution < 1.29 is 0 Å². The topological polar surface area (TPSA) is 29.9 Å². The molecule has 0 aliphatic carbocycles. The summed E-state index contributed by atoms with van der Waals surface area (Å²) in [5.74, 6) is 1.14. The Morgan fingerprint density at radius 1 is 1.31 bits per heavy atom. The van der Waals surface area contributed by atoms with Crippen LogP contribution in [-0.2, 0) is 25.9 Å². The fourth-order valence-corrected chi connectivity index (χ4v) is 2.37. The molecule has 0 atom stereocenters. The molecule has 0 aliphatic heterocycles. The zero-order chi connectivity index (χ0) is 12.0. The Balaban J connectivity index is 2.98. The van der Waals surface area contributed by atoms with Crippen LogP contribution in [0.3, 0.4) is 0 Å². The molecule has 0 bridgehead atoms. The van der Waals surface area contributed by atoms with Gasteiger partial charge in [-0.25, -0.2) is 0 Å². The van der Waals surface area contributed by atoms with Crippen molar-refractivity contribution in [2.45, 2.75) is 39.8 Å². The Morgan fingerprint density at radius 3 is 2.56 bits per heavy atom. The fourth-order valence-electron chi connectivity index (χ4n) is 2.01. The highest BCUT2D eigenvalue weighted by Gasteiger charge is 2.13. The summed E-state index contributed by atoms with van der Waals surface area (Å²) in [6, 6.07) is 0. The summed E-state index contributed by atoms with van der Waals surface area (Å²) in [4.78, 5) is 0. The zero-order valence-electron chi connectivity index (χ0n) is 10.8. The monoisotopic (exact) mass is 241 g/mol. The molecule has 1 N–H and O–H groups in total. The summed E-state index contributed by atoms with van der Waals surface area (Å²) < 4.78 is 2.20. The van der Waals surface area contributed by atoms with Gasteiger partial charge in [-0.1, -0.05) is 13.8 Å². The minimum Gasteiger partial charge on any atom is -0.316 e. The maximum absolute atomic E-state index is 4.72. The number of aromatic nitrogens is 2. The molecule has 3 nitrogen and oxygen atoms in total. The molecule has 0 saturated carbocycles. The van der Waals surface area contributed by atoms with Gasteiger partial charge in [-0.2, -0.15) is 16.9 Å². The molecule has 92 valence electrons. The predicted octanol–water partition coefficient (Wildman–Crippen LogP) is 2.09. The first-order valence-electron chi connectivity index (χ1n) is 5.99. The van der Waals surface area contributed by atoms with Gasteiger partial charge in [0.15, 0.2) is 0 Å². The summed E-state index contributed by atoms with van der Waals surface area (Å²) in [6.07, 6.45) is 4.24. The highest BCUT2D eigenvalue weighted by molar-refractivity contribution is 7.98. The highest BCUT2D eigenvalue weighted by Crippen LogP contribution is 2.16. The van der Waals surface area contributed by atoms with E-state index >= 15 is 0 Å². The molecule has 4 heteroatoms. The molecule has 16 heavy (non-hydrogen) atoms. The second-order valence-electron chi connectivity index (χ2n) is 3.83. The molecule has 0 saturated heterocycles. The lowest BCUT2D eigenvalue weighted by Gasteiger charge is -2.06. The van der Waals surface area contributed by atoms with Gasteiger partial charge in [0.25, 0.3) is 0 Å². The third-order valence-corrected chi connectivity index (χ3v) is 3.37. The van der Waals surface area contributed by atoms with Gasteiger partial charge in [0.2, 0.25) is 0 Å². The lowest BCUT2D eigenvalue weighted by Crippen LogP contribution is -2.10. The first kappa shape index (κ1) is 13.6. The molecule has 0 fully saturated rings. The van der Waals surface area contributed by atoms with Crippen molar-refractivity contribution in [3.8, 4) is 0 Å². The van der Waals surface area contributed by atoms with Crippen molar-refractivity contribution in [3.63, 3.8) is 0 Å². The first-order chi connectivity index (χ1) is 7.78. The molecule has 0 unspecified atom stereocenters. The van der Waals surface area contributed by atoms with Gasteiger partial charge >= 0.3 is 0 Å². The number of aryl methyl sites for hydroxylation is 2. The molecule has 0 aliphatic rings. The Kier molecular flexibility index (Phi) is 5.91. The molecule has 1 aromatic heterocycles. The van der Waals surface area contributed by atoms with E-state index in [1.165, 1.54) is 17.0 Å². The average molecular weight is 241 g/mol. The van der Waals surface area contributed by atoms with Crippen molar-refractivity contribution in [2.24, 2.45) is 0 Å². The fraction of sp³-hybridized carbons (Fsp3) is 0.750. The molecule has 1 aromatic rings. The van der Waals surface area contributed by atoms with E-state index < -0.39 is 0 Å². The molecular formula is C12H23N3S. The summed E-state index contributed by atoms with van der Waals surface area (Å²) in [5, 5.41) is 7.96. The second-order valence-corrected chi connectivity index (χ2v) is 4.81. The Bertz CT molecular complexity index is 320. The third-order valence-electron chi connectivity index (χ3n) is 2.78. The molecule has 1 heterocycles. The lowest BCUT2D eigenvalue weighted by molar-refractivity contribution is 0.621. The zero-order valence-corrected chi connectivity index (χ0v) is 11.7. The van der Waals surface area contributed by atoms with E-state index in [4.69, 9.17) is 5.10 Å². The average Bonchev–Trinajstić information content (AvgIpc) is 2.64. The summed E-state index contributed by atoms with van der Waals surface area (Å²) in [7, 11) is 2.00. The molecule has 0 amide bonds. The van der Waals surface area contributed by atoms with E-state index in [0.29, 0.717) is 0 Å². The number of thioether (sulfide) groups is 1. The minimum absolute atomic E-state index is 0.936. The van der Waals surface area contributed by atoms with E-state index in [-0.39, 0.29) is 0 Å². The molecule has 0 radical (unpaired) electrons. The van der Waals surface area contributed by atoms with Crippen molar-refractivity contribution >= 4 is 11.8 Å². The number of hydrogen-bond acceptors (Lipinski definition) is 3. The maximum Gasteiger partial charge on any atom is 0.0669 e. The van der Waals surface area contributed by atoms with Gasteiger partial charge in [0.1, 0.15) is 0 Å².